The van der Waals surface area contributed by atoms with Crippen molar-refractivity contribution in [1.29, 1.82) is 0 Å². The highest BCUT2D eigenvalue weighted by molar-refractivity contribution is 7.47. The molecule has 3 aliphatic heterocycles. The molecule has 17 unspecified atom stereocenters. The van der Waals surface area contributed by atoms with Gasteiger partial charge < -0.3 is 141 Å². The predicted molar refractivity (Wildman–Crippen MR) is 460 cm³/mol. The van der Waals surface area contributed by atoms with E-state index in [-0.39, 0.29) is 146 Å². The molecule has 43 nitrogen and oxygen atoms in total. The summed E-state index contributed by atoms with van der Waals surface area (Å²) in [7, 11) is -9.74. The van der Waals surface area contributed by atoms with E-state index in [0.29, 0.717) is 141 Å². The fraction of sp³-hybridized carbons (Fsp3) is 0.892. The Bertz CT molecular complexity index is 3250. The monoisotopic (exact) mass is 1880 g/mol. The van der Waals surface area contributed by atoms with Crippen LogP contribution in [-0.4, -0.2) is 365 Å². The van der Waals surface area contributed by atoms with Gasteiger partial charge in [0.25, 0.3) is 0 Å². The van der Waals surface area contributed by atoms with Crippen molar-refractivity contribution in [3.8, 4) is 0 Å². The van der Waals surface area contributed by atoms with Gasteiger partial charge in [-0.1, -0.05) is 78.1 Å². The van der Waals surface area contributed by atoms with Crippen molar-refractivity contribution >= 4 is 68.8 Å². The molecule has 0 bridgehead atoms. The molecule has 0 aromatic carbocycles. The minimum absolute atomic E-state index is 0.000931. The van der Waals surface area contributed by atoms with Gasteiger partial charge in [-0.15, -0.1) is 0 Å². The van der Waals surface area contributed by atoms with E-state index < -0.39 is 184 Å². The first-order chi connectivity index (χ1) is 61.1. The Labute approximate surface area is 752 Å². The summed E-state index contributed by atoms with van der Waals surface area (Å²) in [5, 5.41) is 117. The number of hydrogen-bond donors (Lipinski definition) is 18. The number of carbonyl (C=O) groups excluding carboxylic acids is 9. The molecule has 1 saturated carbocycles. The van der Waals surface area contributed by atoms with E-state index in [1.165, 1.54) is 35.5 Å². The van der Waals surface area contributed by atoms with Gasteiger partial charge in [-0.2, -0.15) is 0 Å². The highest BCUT2D eigenvalue weighted by atomic mass is 31.2. The Morgan fingerprint density at radius 1 is 0.359 bits per heavy atom. The quantitative estimate of drug-likeness (QED) is 0.0288. The number of amides is 9. The number of phosphoric acid groups is 2. The van der Waals surface area contributed by atoms with E-state index in [1.54, 1.807) is 0 Å². The van der Waals surface area contributed by atoms with Crippen LogP contribution in [0.4, 0.5) is 0 Å². The summed E-state index contributed by atoms with van der Waals surface area (Å²) in [5.41, 5.74) is 0. The lowest BCUT2D eigenvalue weighted by Crippen LogP contribution is -2.64. The van der Waals surface area contributed by atoms with Crippen molar-refractivity contribution < 1.29 is 164 Å². The van der Waals surface area contributed by atoms with E-state index in [1.807, 2.05) is 0 Å². The normalized spacial score (nSPS) is 25.3. The summed E-state index contributed by atoms with van der Waals surface area (Å²) in [5.74, 6) is -1.89. The molecule has 4 aliphatic rings. The highest BCUT2D eigenvalue weighted by Crippen LogP contribution is 2.44. The molecule has 128 heavy (non-hydrogen) atoms. The number of carbonyl (C=O) groups is 9. The van der Waals surface area contributed by atoms with Crippen LogP contribution < -0.4 is 31.9 Å². The van der Waals surface area contributed by atoms with E-state index in [0.717, 1.165) is 38.5 Å². The van der Waals surface area contributed by atoms with E-state index in [2.05, 4.69) is 45.7 Å². The number of aliphatic hydroxyl groups is 10. The van der Waals surface area contributed by atoms with Gasteiger partial charge in [-0.3, -0.25) is 61.2 Å². The summed E-state index contributed by atoms with van der Waals surface area (Å²) < 4.78 is 88.3. The minimum Gasteiger partial charge on any atom is -0.395 e. The number of phosphoric ester groups is 2. The number of rotatable bonds is 68. The van der Waals surface area contributed by atoms with Crippen LogP contribution in [0.1, 0.15) is 227 Å². The smallest absolute Gasteiger partial charge is 0.395 e. The fourth-order valence-electron chi connectivity index (χ4n) is 15.3. The Kier molecular flexibility index (Phi) is 58.8. The summed E-state index contributed by atoms with van der Waals surface area (Å²) in [4.78, 5) is 140. The molecule has 744 valence electrons. The second-order valence-electron chi connectivity index (χ2n) is 33.3. The van der Waals surface area contributed by atoms with Crippen molar-refractivity contribution in [2.75, 3.05) is 138 Å². The van der Waals surface area contributed by atoms with Gasteiger partial charge >= 0.3 is 15.6 Å². The first kappa shape index (κ1) is 115. The Morgan fingerprint density at radius 3 is 0.922 bits per heavy atom. The SMILES string of the molecule is CC(=O)NC1C(OCCCCCC(=O)NCCCCCC(=O)N(CCO)CCOP(=O)(O)OCCN(CCOP(=O)(O)OCCN(CCOC2CCCC(C(C)C)CCC2)C(=O)CCCCCNC(=O)CCCCCOC2OC(CO)C(O)C(O)C2NC(C)=O)C(=O)CCCCCNC(=O)CCCCCOC2OC(CO)C(O)C(O)C2NC(C)=O)OC(CO)C(O)C1O. The van der Waals surface area contributed by atoms with Gasteiger partial charge in [-0.25, -0.2) is 9.13 Å². The Morgan fingerprint density at radius 2 is 0.641 bits per heavy atom. The van der Waals surface area contributed by atoms with E-state index >= 15 is 0 Å². The maximum atomic E-state index is 13.9. The molecule has 0 spiro atoms. The molecule has 4 fully saturated rings. The van der Waals surface area contributed by atoms with Crippen molar-refractivity contribution in [1.82, 2.24) is 46.6 Å². The summed E-state index contributed by atoms with van der Waals surface area (Å²) in [6, 6.07) is -3.21. The van der Waals surface area contributed by atoms with Gasteiger partial charge in [0, 0.05) is 138 Å². The van der Waals surface area contributed by atoms with Crippen LogP contribution in [-0.2, 0) is 104 Å². The zero-order chi connectivity index (χ0) is 94.4. The number of ether oxygens (including phenoxy) is 7. The molecule has 0 aromatic rings. The molecule has 4 rings (SSSR count). The van der Waals surface area contributed by atoms with Gasteiger partial charge in [0.2, 0.25) is 53.2 Å². The maximum Gasteiger partial charge on any atom is 0.472 e. The third-order valence-corrected chi connectivity index (χ3v) is 24.7. The second-order valence-corrected chi connectivity index (χ2v) is 36.2. The number of aliphatic hydroxyl groups excluding tert-OH is 10. The molecule has 3 heterocycles. The third kappa shape index (κ3) is 47.1. The average molecular weight is 1880 g/mol. The van der Waals surface area contributed by atoms with Crippen LogP contribution in [0.3, 0.4) is 0 Å². The van der Waals surface area contributed by atoms with Crippen LogP contribution in [0.2, 0.25) is 0 Å². The topological polar surface area (TPSA) is 614 Å². The van der Waals surface area contributed by atoms with Gasteiger partial charge in [-0.05, 0) is 102 Å². The number of nitrogens with one attached hydrogen (secondary N) is 6. The third-order valence-electron chi connectivity index (χ3n) is 22.7. The molecule has 9 amide bonds. The molecule has 3 saturated heterocycles. The molecule has 0 aromatic heterocycles. The van der Waals surface area contributed by atoms with Crippen molar-refractivity contribution in [2.45, 2.75) is 325 Å². The van der Waals surface area contributed by atoms with Crippen LogP contribution in [0.5, 0.6) is 0 Å². The van der Waals surface area contributed by atoms with E-state index in [4.69, 9.17) is 51.3 Å². The predicted octanol–water partition coefficient (Wildman–Crippen LogP) is 0.335. The van der Waals surface area contributed by atoms with Gasteiger partial charge in [0.05, 0.1) is 65.6 Å². The van der Waals surface area contributed by atoms with Crippen LogP contribution >= 0.6 is 15.6 Å². The van der Waals surface area contributed by atoms with Crippen LogP contribution in [0.25, 0.3) is 0 Å². The zero-order valence-electron chi connectivity index (χ0n) is 75.5. The number of nitrogens with zero attached hydrogens (tertiary/aromatic N) is 3. The zero-order valence-corrected chi connectivity index (χ0v) is 77.3. The van der Waals surface area contributed by atoms with Crippen LogP contribution in [0.15, 0.2) is 0 Å². The first-order valence-corrected chi connectivity index (χ1v) is 48.8. The summed E-state index contributed by atoms with van der Waals surface area (Å²) in [6.45, 7) is 4.65. The first-order valence-electron chi connectivity index (χ1n) is 45.8. The molecule has 1 aliphatic carbocycles. The average Bonchev–Trinajstić information content (AvgIpc) is 0.815. The maximum absolute atomic E-state index is 13.9. The lowest BCUT2D eigenvalue weighted by atomic mass is 9.83. The molecule has 18 N–H and O–H groups in total. The second kappa shape index (κ2) is 65.4. The standard InChI is InChI=1S/C83H153N9O34P2/c1-57(2)61-26-24-28-62(29-25-27-61)116-49-40-91(70(104)34-16-7-19-37-85-67(101)31-13-10-22-47-118-82-73(88-59(4)98)79(110)76(107)64(55-95)125-82)42-51-121-128(114,115)123-53-44-92(71(105)35-17-8-20-38-86-68(102)32-14-11-23-48-119-83-74(89-60(5)99)80(111)77(108)65(56-96)126-83)43-52-122-127(112,113)120-50-41-90(39-45-93)69(103)33-15-6-18-36-84-66(100)30-12-9-21-46-117-81-72(87-58(3)97)78(109)75(106)63(54-94)124-81/h57,61-65,72-83,93-96,106-111H,6-56H2,1-5H3,(H,84,100)(H,85,101)(H,86,102)(H,87,97)(H,88,98)(H,89,99)(H,112,113)(H,114,115). The van der Waals surface area contributed by atoms with Gasteiger partial charge in [0.15, 0.2) is 18.9 Å². The number of unbranched alkanes of at least 4 members (excludes halogenated alkanes) is 12. The number of hydrogen-bond acceptors (Lipinski definition) is 32. The van der Waals surface area contributed by atoms with Crippen LogP contribution in [0, 0.1) is 11.8 Å². The lowest BCUT2D eigenvalue weighted by molar-refractivity contribution is -0.270. The summed E-state index contributed by atoms with van der Waals surface area (Å²) in [6.07, 6.45) is 0.614. The molecule has 17 atom stereocenters. The molecule has 45 heteroatoms. The Balaban J connectivity index is 1.26. The van der Waals surface area contributed by atoms with Crippen molar-refractivity contribution in [2.24, 2.45) is 11.8 Å². The minimum atomic E-state index is -4.88. The lowest BCUT2D eigenvalue weighted by Gasteiger charge is -2.42. The van der Waals surface area contributed by atoms with E-state index in [9.17, 15) is 113 Å². The van der Waals surface area contributed by atoms with Gasteiger partial charge in [0.1, 0.15) is 73.1 Å². The molecular formula is C83H153N9O34P2. The fourth-order valence-corrected chi connectivity index (χ4v) is 16.7. The highest BCUT2D eigenvalue weighted by Gasteiger charge is 2.48. The Hall–Kier alpha value is -5.23. The largest absolute Gasteiger partial charge is 0.472 e. The van der Waals surface area contributed by atoms with Crippen molar-refractivity contribution in [3.05, 3.63) is 0 Å². The van der Waals surface area contributed by atoms with Crippen molar-refractivity contribution in [3.63, 3.8) is 0 Å². The molecule has 0 radical (unpaired) electrons. The molecular weight excluding hydrogens is 1730 g/mol. The summed E-state index contributed by atoms with van der Waals surface area (Å²) >= 11 is 0.